The Bertz CT molecular complexity index is 1290. The van der Waals surface area contributed by atoms with Crippen molar-refractivity contribution in [3.8, 4) is 0 Å². The highest BCUT2D eigenvalue weighted by Crippen LogP contribution is 2.26. The second kappa shape index (κ2) is 11.9. The van der Waals surface area contributed by atoms with E-state index < -0.39 is 15.9 Å². The number of hydrogen-bond donors (Lipinski definition) is 1. The molecule has 1 fully saturated rings. The Hall–Kier alpha value is -2.87. The van der Waals surface area contributed by atoms with E-state index in [1.165, 1.54) is 24.8 Å². The van der Waals surface area contributed by atoms with Gasteiger partial charge in [-0.05, 0) is 74.3 Å². The van der Waals surface area contributed by atoms with Gasteiger partial charge in [0, 0.05) is 18.1 Å². The molecule has 1 aliphatic rings. The molecule has 0 radical (unpaired) electrons. The number of nitrogens with one attached hydrogen (secondary N) is 1. The summed E-state index contributed by atoms with van der Waals surface area (Å²) in [6.07, 6.45) is 3.71. The summed E-state index contributed by atoms with van der Waals surface area (Å²) in [5, 5.41) is 3.32. The van der Waals surface area contributed by atoms with E-state index in [1.807, 2.05) is 25.1 Å². The normalized spacial score (nSPS) is 14.4. The predicted molar refractivity (Wildman–Crippen MR) is 145 cm³/mol. The average molecular weight is 526 g/mol. The lowest BCUT2D eigenvalue weighted by Crippen LogP contribution is -2.40. The first-order valence-corrected chi connectivity index (χ1v) is 14.1. The van der Waals surface area contributed by atoms with Crippen molar-refractivity contribution in [1.29, 1.82) is 0 Å². The van der Waals surface area contributed by atoms with E-state index in [-0.39, 0.29) is 11.4 Å². The van der Waals surface area contributed by atoms with Gasteiger partial charge in [0.15, 0.2) is 0 Å². The highest BCUT2D eigenvalue weighted by atomic mass is 35.5. The maximum atomic E-state index is 13.5. The second-order valence-electron chi connectivity index (χ2n) is 9.19. The molecule has 1 amide bonds. The van der Waals surface area contributed by atoms with Crippen LogP contribution < -0.4 is 9.62 Å². The first kappa shape index (κ1) is 26.2. The maximum absolute atomic E-state index is 13.5. The molecule has 0 aromatic heterocycles. The molecule has 36 heavy (non-hydrogen) atoms. The monoisotopic (exact) mass is 525 g/mol. The molecule has 0 atom stereocenters. The SMILES string of the molecule is Cc1ccc(S(=O)(=O)N(CC(=O)NCc2ccccc2CN2CCCCC2)c2cccc(Cl)c2)cc1. The van der Waals surface area contributed by atoms with Crippen LogP contribution in [0.15, 0.2) is 77.7 Å². The molecule has 3 aromatic carbocycles. The van der Waals surface area contributed by atoms with Crippen LogP contribution in [0.1, 0.15) is 36.0 Å². The van der Waals surface area contributed by atoms with Crippen molar-refractivity contribution in [2.75, 3.05) is 23.9 Å². The number of nitrogens with zero attached hydrogens (tertiary/aromatic N) is 2. The van der Waals surface area contributed by atoms with Gasteiger partial charge < -0.3 is 5.32 Å². The highest BCUT2D eigenvalue weighted by molar-refractivity contribution is 7.92. The van der Waals surface area contributed by atoms with E-state index in [9.17, 15) is 13.2 Å². The fraction of sp³-hybridized carbons (Fsp3) is 0.321. The van der Waals surface area contributed by atoms with E-state index in [0.717, 1.165) is 35.1 Å². The molecule has 0 unspecified atom stereocenters. The lowest BCUT2D eigenvalue weighted by Gasteiger charge is -2.27. The average Bonchev–Trinajstić information content (AvgIpc) is 2.87. The number of halogens is 1. The van der Waals surface area contributed by atoms with Gasteiger partial charge in [-0.1, -0.05) is 66.0 Å². The zero-order chi connectivity index (χ0) is 25.5. The molecule has 0 saturated carbocycles. The molecule has 4 rings (SSSR count). The molecule has 1 saturated heterocycles. The first-order valence-electron chi connectivity index (χ1n) is 12.2. The smallest absolute Gasteiger partial charge is 0.264 e. The number of benzene rings is 3. The van der Waals surface area contributed by atoms with Crippen LogP contribution in [0.5, 0.6) is 0 Å². The van der Waals surface area contributed by atoms with Crippen LogP contribution in [0.2, 0.25) is 5.02 Å². The molecule has 1 N–H and O–H groups in total. The summed E-state index contributed by atoms with van der Waals surface area (Å²) in [5.74, 6) is -0.390. The van der Waals surface area contributed by atoms with Crippen LogP contribution in [0.25, 0.3) is 0 Å². The number of anilines is 1. The Kier molecular flexibility index (Phi) is 8.67. The first-order chi connectivity index (χ1) is 17.3. The fourth-order valence-electron chi connectivity index (χ4n) is 4.41. The Balaban J connectivity index is 1.50. The second-order valence-corrected chi connectivity index (χ2v) is 11.5. The molecule has 1 heterocycles. The molecular weight excluding hydrogens is 494 g/mol. The molecule has 0 spiro atoms. The Morgan fingerprint density at radius 2 is 1.64 bits per heavy atom. The minimum atomic E-state index is -3.99. The molecular formula is C28H32ClN3O3S. The number of piperidine rings is 1. The van der Waals surface area contributed by atoms with Gasteiger partial charge in [0.05, 0.1) is 10.6 Å². The van der Waals surface area contributed by atoms with Gasteiger partial charge in [0.25, 0.3) is 10.0 Å². The van der Waals surface area contributed by atoms with Gasteiger partial charge in [-0.15, -0.1) is 0 Å². The Labute approximate surface area is 218 Å². The third kappa shape index (κ3) is 6.66. The lowest BCUT2D eigenvalue weighted by molar-refractivity contribution is -0.119. The van der Waals surface area contributed by atoms with Crippen LogP contribution in [0.4, 0.5) is 5.69 Å². The van der Waals surface area contributed by atoms with Crippen LogP contribution in [0.3, 0.4) is 0 Å². The van der Waals surface area contributed by atoms with Gasteiger partial charge in [-0.2, -0.15) is 0 Å². The Morgan fingerprint density at radius 3 is 2.33 bits per heavy atom. The number of amides is 1. The van der Waals surface area contributed by atoms with Gasteiger partial charge in [0.2, 0.25) is 5.91 Å². The number of rotatable bonds is 9. The van der Waals surface area contributed by atoms with Gasteiger partial charge >= 0.3 is 0 Å². The van der Waals surface area contributed by atoms with Crippen molar-refractivity contribution >= 4 is 33.2 Å². The van der Waals surface area contributed by atoms with Crippen LogP contribution in [0, 0.1) is 6.92 Å². The minimum absolute atomic E-state index is 0.118. The topological polar surface area (TPSA) is 69.7 Å². The zero-order valence-electron chi connectivity index (χ0n) is 20.5. The number of carbonyl (C=O) groups is 1. The van der Waals surface area contributed by atoms with E-state index in [1.54, 1.807) is 48.5 Å². The number of sulfonamides is 1. The number of aryl methyl sites for hydroxylation is 1. The van der Waals surface area contributed by atoms with Crippen LogP contribution in [-0.4, -0.2) is 38.9 Å². The summed E-state index contributed by atoms with van der Waals surface area (Å²) in [7, 11) is -3.99. The standard InChI is InChI=1S/C28H32ClN3O3S/c1-22-12-14-27(15-13-22)36(34,35)32(26-11-7-10-25(29)18-26)21-28(33)30-19-23-8-3-4-9-24(23)20-31-16-5-2-6-17-31/h3-4,7-15,18H,2,5-6,16-17,19-21H2,1H3,(H,30,33). The van der Waals surface area contributed by atoms with Crippen molar-refractivity contribution in [2.24, 2.45) is 0 Å². The summed E-state index contributed by atoms with van der Waals surface area (Å²) in [5.41, 5.74) is 3.50. The van der Waals surface area contributed by atoms with E-state index in [2.05, 4.69) is 16.3 Å². The third-order valence-corrected chi connectivity index (χ3v) is 8.45. The van der Waals surface area contributed by atoms with Gasteiger partial charge in [-0.3, -0.25) is 14.0 Å². The summed E-state index contributed by atoms with van der Waals surface area (Å²) in [6.45, 7) is 4.89. The molecule has 3 aromatic rings. The summed E-state index contributed by atoms with van der Waals surface area (Å²) in [4.78, 5) is 15.6. The summed E-state index contributed by atoms with van der Waals surface area (Å²) >= 11 is 6.15. The molecule has 0 bridgehead atoms. The summed E-state index contributed by atoms with van der Waals surface area (Å²) < 4.78 is 28.2. The van der Waals surface area contributed by atoms with Crippen molar-refractivity contribution in [3.05, 3.63) is 94.5 Å². The van der Waals surface area contributed by atoms with Crippen molar-refractivity contribution in [1.82, 2.24) is 10.2 Å². The quantitative estimate of drug-likeness (QED) is 0.419. The number of likely N-dealkylation sites (tertiary alicyclic amines) is 1. The van der Waals surface area contributed by atoms with Crippen LogP contribution >= 0.6 is 11.6 Å². The van der Waals surface area contributed by atoms with E-state index in [4.69, 9.17) is 11.6 Å². The third-order valence-electron chi connectivity index (χ3n) is 6.43. The maximum Gasteiger partial charge on any atom is 0.264 e. The van der Waals surface area contributed by atoms with Crippen LogP contribution in [-0.2, 0) is 27.9 Å². The van der Waals surface area contributed by atoms with E-state index >= 15 is 0 Å². The molecule has 8 heteroatoms. The zero-order valence-corrected chi connectivity index (χ0v) is 22.1. The Morgan fingerprint density at radius 1 is 0.944 bits per heavy atom. The highest BCUT2D eigenvalue weighted by Gasteiger charge is 2.27. The van der Waals surface area contributed by atoms with Gasteiger partial charge in [0.1, 0.15) is 6.54 Å². The predicted octanol–water partition coefficient (Wildman–Crippen LogP) is 5.15. The van der Waals surface area contributed by atoms with Crippen molar-refractivity contribution in [3.63, 3.8) is 0 Å². The minimum Gasteiger partial charge on any atom is -0.350 e. The number of hydrogen-bond acceptors (Lipinski definition) is 4. The van der Waals surface area contributed by atoms with Crippen molar-refractivity contribution < 1.29 is 13.2 Å². The largest absolute Gasteiger partial charge is 0.350 e. The van der Waals surface area contributed by atoms with Gasteiger partial charge in [-0.25, -0.2) is 8.42 Å². The molecule has 1 aliphatic heterocycles. The molecule has 0 aliphatic carbocycles. The number of carbonyl (C=O) groups excluding carboxylic acids is 1. The molecule has 190 valence electrons. The van der Waals surface area contributed by atoms with E-state index in [0.29, 0.717) is 17.3 Å². The van der Waals surface area contributed by atoms with Crippen molar-refractivity contribution in [2.45, 2.75) is 44.2 Å². The lowest BCUT2D eigenvalue weighted by atomic mass is 10.0. The summed E-state index contributed by atoms with van der Waals surface area (Å²) in [6, 6.07) is 21.2. The molecule has 6 nitrogen and oxygen atoms in total. The fourth-order valence-corrected chi connectivity index (χ4v) is 6.00.